The van der Waals surface area contributed by atoms with Crippen LogP contribution in [0.1, 0.15) is 24.8 Å². The van der Waals surface area contributed by atoms with Crippen molar-refractivity contribution in [3.05, 3.63) is 71.5 Å². The van der Waals surface area contributed by atoms with Gasteiger partial charge < -0.3 is 15.4 Å². The van der Waals surface area contributed by atoms with Gasteiger partial charge in [0.15, 0.2) is 17.8 Å². The van der Waals surface area contributed by atoms with Crippen LogP contribution in [0.15, 0.2) is 60.7 Å². The predicted molar refractivity (Wildman–Crippen MR) is 100 cm³/mol. The van der Waals surface area contributed by atoms with Gasteiger partial charge in [0.05, 0.1) is 12.0 Å². The van der Waals surface area contributed by atoms with Crippen molar-refractivity contribution in [2.45, 2.75) is 25.7 Å². The molecule has 1 fully saturated rings. The maximum absolute atomic E-state index is 12.6. The Balaban J connectivity index is 0.00000280. The summed E-state index contributed by atoms with van der Waals surface area (Å²) in [5.41, 5.74) is -0.306. The van der Waals surface area contributed by atoms with Crippen molar-refractivity contribution in [2.24, 2.45) is 5.41 Å². The number of nitrogens with zero attached hydrogens (tertiary/aromatic N) is 1. The number of hydrogen-bond acceptors (Lipinski definition) is 4. The molecule has 7 heteroatoms. The molecule has 1 heterocycles. The van der Waals surface area contributed by atoms with Gasteiger partial charge in [0.2, 0.25) is 0 Å². The van der Waals surface area contributed by atoms with E-state index in [0.29, 0.717) is 25.9 Å². The van der Waals surface area contributed by atoms with Crippen LogP contribution in [0.25, 0.3) is 5.32 Å². The summed E-state index contributed by atoms with van der Waals surface area (Å²) in [6.07, 6.45) is 1.60. The SMILES string of the molecule is O=C1[N-]C(=O)C(CCCOc2ccccc2)(CCc2ccccc2)C(=O)N1.[Na+]. The summed E-state index contributed by atoms with van der Waals surface area (Å²) in [7, 11) is 0. The minimum atomic E-state index is -1.33. The van der Waals surface area contributed by atoms with E-state index in [1.165, 1.54) is 0 Å². The molecule has 1 aliphatic rings. The second-order valence-corrected chi connectivity index (χ2v) is 6.51. The van der Waals surface area contributed by atoms with E-state index in [2.05, 4.69) is 10.6 Å². The number of imide groups is 2. The Bertz CT molecular complexity index is 792. The van der Waals surface area contributed by atoms with Gasteiger partial charge in [-0.25, -0.2) is 0 Å². The number of carbonyl (C=O) groups is 3. The van der Waals surface area contributed by atoms with E-state index < -0.39 is 23.3 Å². The average Bonchev–Trinajstić information content (AvgIpc) is 2.68. The van der Waals surface area contributed by atoms with Crippen LogP contribution >= 0.6 is 0 Å². The number of aryl methyl sites for hydroxylation is 1. The van der Waals surface area contributed by atoms with E-state index in [1.807, 2.05) is 60.7 Å². The van der Waals surface area contributed by atoms with Crippen LogP contribution in [0.5, 0.6) is 5.75 Å². The Labute approximate surface area is 186 Å². The minimum absolute atomic E-state index is 0. The number of hydrogen-bond donors (Lipinski definition) is 1. The van der Waals surface area contributed by atoms with Crippen molar-refractivity contribution >= 4 is 17.8 Å². The molecule has 1 atom stereocenters. The van der Waals surface area contributed by atoms with Crippen molar-refractivity contribution in [1.29, 1.82) is 0 Å². The van der Waals surface area contributed by atoms with Crippen LogP contribution in [0, 0.1) is 5.41 Å². The summed E-state index contributed by atoms with van der Waals surface area (Å²) in [6.45, 7) is 0.367. The van der Waals surface area contributed by atoms with Gasteiger partial charge in [-0.1, -0.05) is 48.5 Å². The summed E-state index contributed by atoms with van der Waals surface area (Å²) in [6, 6.07) is 18.1. The fraction of sp³-hybridized carbons (Fsp3) is 0.286. The first-order valence-corrected chi connectivity index (χ1v) is 8.93. The van der Waals surface area contributed by atoms with E-state index in [4.69, 9.17) is 4.74 Å². The molecule has 0 bridgehead atoms. The summed E-state index contributed by atoms with van der Waals surface area (Å²) >= 11 is 0. The number of barbiturate groups is 1. The van der Waals surface area contributed by atoms with Crippen LogP contribution in [0.3, 0.4) is 0 Å². The fourth-order valence-corrected chi connectivity index (χ4v) is 3.19. The Morgan fingerprint density at radius 1 is 0.893 bits per heavy atom. The zero-order valence-electron chi connectivity index (χ0n) is 15.9. The van der Waals surface area contributed by atoms with E-state index in [1.54, 1.807) is 0 Å². The maximum atomic E-state index is 12.6. The van der Waals surface area contributed by atoms with Crippen LogP contribution in [0.2, 0.25) is 0 Å². The zero-order valence-corrected chi connectivity index (χ0v) is 17.9. The van der Waals surface area contributed by atoms with Crippen molar-refractivity contribution in [3.8, 4) is 5.75 Å². The fourth-order valence-electron chi connectivity index (χ4n) is 3.19. The second-order valence-electron chi connectivity index (χ2n) is 6.51. The summed E-state index contributed by atoms with van der Waals surface area (Å²) < 4.78 is 5.66. The van der Waals surface area contributed by atoms with Gasteiger partial charge in [-0.15, -0.1) is 0 Å². The molecule has 0 spiro atoms. The van der Waals surface area contributed by atoms with Gasteiger partial charge in [0.25, 0.3) is 0 Å². The Hall–Kier alpha value is -2.15. The average molecular weight is 388 g/mol. The van der Waals surface area contributed by atoms with Crippen LogP contribution < -0.4 is 39.6 Å². The van der Waals surface area contributed by atoms with Gasteiger partial charge in [-0.2, -0.15) is 0 Å². The van der Waals surface area contributed by atoms with E-state index in [9.17, 15) is 14.4 Å². The molecule has 1 unspecified atom stereocenters. The second kappa shape index (κ2) is 10.4. The number of nitrogens with one attached hydrogen (secondary N) is 1. The number of amides is 4. The molecular weight excluding hydrogens is 367 g/mol. The molecule has 2 aromatic rings. The quantitative estimate of drug-likeness (QED) is 0.408. The summed E-state index contributed by atoms with van der Waals surface area (Å²) in [5.74, 6) is -0.495. The molecule has 6 nitrogen and oxygen atoms in total. The normalized spacial score (nSPS) is 18.6. The zero-order chi connectivity index (χ0) is 19.1. The molecule has 28 heavy (non-hydrogen) atoms. The van der Waals surface area contributed by atoms with Gasteiger partial charge in [-0.3, -0.25) is 14.4 Å². The number of ether oxygens (including phenoxy) is 1. The molecule has 0 aromatic heterocycles. The predicted octanol–water partition coefficient (Wildman–Crippen LogP) is 0.619. The van der Waals surface area contributed by atoms with Crippen molar-refractivity contribution < 1.29 is 48.7 Å². The topological polar surface area (TPSA) is 86.6 Å². The van der Waals surface area contributed by atoms with Crippen molar-refractivity contribution in [2.75, 3.05) is 6.61 Å². The van der Waals surface area contributed by atoms with E-state index in [0.717, 1.165) is 11.3 Å². The number of urea groups is 1. The largest absolute Gasteiger partial charge is 1.00 e. The smallest absolute Gasteiger partial charge is 0.494 e. The molecule has 1 N–H and O–H groups in total. The third kappa shape index (κ3) is 5.44. The molecule has 1 aliphatic heterocycles. The molecule has 0 radical (unpaired) electrons. The number of benzene rings is 2. The van der Waals surface area contributed by atoms with Gasteiger partial charge >= 0.3 is 29.6 Å². The monoisotopic (exact) mass is 388 g/mol. The molecule has 1 saturated heterocycles. The van der Waals surface area contributed by atoms with Crippen LogP contribution in [-0.4, -0.2) is 24.5 Å². The van der Waals surface area contributed by atoms with E-state index in [-0.39, 0.29) is 36.0 Å². The van der Waals surface area contributed by atoms with E-state index >= 15 is 0 Å². The third-order valence-electron chi connectivity index (χ3n) is 4.71. The molecule has 0 saturated carbocycles. The molecule has 3 rings (SSSR count). The molecule has 0 aliphatic carbocycles. The summed E-state index contributed by atoms with van der Waals surface area (Å²) in [5, 5.41) is 5.67. The Kier molecular flexibility index (Phi) is 8.23. The van der Waals surface area contributed by atoms with Gasteiger partial charge in [-0.05, 0) is 43.4 Å². The Morgan fingerprint density at radius 3 is 2.18 bits per heavy atom. The maximum Gasteiger partial charge on any atom is 1.00 e. The van der Waals surface area contributed by atoms with Crippen LogP contribution in [-0.2, 0) is 16.0 Å². The first kappa shape index (κ1) is 22.1. The first-order chi connectivity index (χ1) is 13.1. The summed E-state index contributed by atoms with van der Waals surface area (Å²) in [4.78, 5) is 36.5. The standard InChI is InChI=1S/C21H22N2O4.Na/c24-18-21(19(25)23-20(26)22-18,14-12-16-8-3-1-4-9-16)13-7-15-27-17-10-5-2-6-11-17;/h1-6,8-11H,7,12-15H2,(H2,22,23,24,25,26);/q;+1/p-1. The number of rotatable bonds is 8. The third-order valence-corrected chi connectivity index (χ3v) is 4.71. The minimum Gasteiger partial charge on any atom is -0.494 e. The van der Waals surface area contributed by atoms with Crippen molar-refractivity contribution in [3.63, 3.8) is 0 Å². The Morgan fingerprint density at radius 2 is 1.54 bits per heavy atom. The van der Waals surface area contributed by atoms with Gasteiger partial charge in [0.1, 0.15) is 5.75 Å². The first-order valence-electron chi connectivity index (χ1n) is 8.93. The molecular formula is C21H21N2NaO4. The molecule has 4 amide bonds. The molecule has 2 aromatic carbocycles. The number of para-hydroxylation sites is 1. The molecule has 140 valence electrons. The van der Waals surface area contributed by atoms with Gasteiger partial charge in [0, 0.05) is 0 Å². The van der Waals surface area contributed by atoms with Crippen LogP contribution in [0.4, 0.5) is 4.79 Å². The number of carbonyl (C=O) groups excluding carboxylic acids is 3. The van der Waals surface area contributed by atoms with Crippen molar-refractivity contribution in [1.82, 2.24) is 5.32 Å².